The van der Waals surface area contributed by atoms with Gasteiger partial charge in [0.25, 0.3) is 5.56 Å². The van der Waals surface area contributed by atoms with E-state index in [1.54, 1.807) is 18.4 Å². The molecule has 0 spiro atoms. The molecule has 2 aliphatic rings. The van der Waals surface area contributed by atoms with Crippen LogP contribution in [-0.2, 0) is 25.9 Å². The fraction of sp³-hybridized carbons (Fsp3) is 0.500. The van der Waals surface area contributed by atoms with E-state index in [4.69, 9.17) is 9.72 Å². The summed E-state index contributed by atoms with van der Waals surface area (Å²) in [5.41, 5.74) is 2.49. The fourth-order valence-electron chi connectivity index (χ4n) is 4.48. The number of H-pyrrole nitrogens is 1. The van der Waals surface area contributed by atoms with Gasteiger partial charge in [-0.15, -0.1) is 11.3 Å². The second-order valence-electron chi connectivity index (χ2n) is 8.16. The first-order valence-corrected chi connectivity index (χ1v) is 11.5. The van der Waals surface area contributed by atoms with Gasteiger partial charge in [0.2, 0.25) is 5.88 Å². The highest BCUT2D eigenvalue weighted by Crippen LogP contribution is 2.33. The molecule has 1 aliphatic heterocycles. The van der Waals surface area contributed by atoms with E-state index in [1.165, 1.54) is 28.8 Å². The SMILES string of the molecule is COc1ccc(CN2CCN(Cc3nc4sc5c(c4c(=O)[nH]3)CCCC5)CC2)cn1. The van der Waals surface area contributed by atoms with Crippen molar-refractivity contribution in [1.29, 1.82) is 0 Å². The number of piperazine rings is 1. The summed E-state index contributed by atoms with van der Waals surface area (Å²) in [5.74, 6) is 1.44. The number of pyridine rings is 1. The van der Waals surface area contributed by atoms with Gasteiger partial charge in [0, 0.05) is 49.9 Å². The monoisotopic (exact) mass is 425 g/mol. The summed E-state index contributed by atoms with van der Waals surface area (Å²) in [4.78, 5) is 32.0. The van der Waals surface area contributed by atoms with Crippen LogP contribution in [-0.4, -0.2) is 58.0 Å². The van der Waals surface area contributed by atoms with Crippen molar-refractivity contribution < 1.29 is 4.74 Å². The smallest absolute Gasteiger partial charge is 0.259 e. The largest absolute Gasteiger partial charge is 0.481 e. The average Bonchev–Trinajstić information content (AvgIpc) is 3.14. The minimum absolute atomic E-state index is 0.0417. The van der Waals surface area contributed by atoms with Crippen molar-refractivity contribution in [2.45, 2.75) is 38.8 Å². The van der Waals surface area contributed by atoms with Crippen LogP contribution in [0.3, 0.4) is 0 Å². The minimum Gasteiger partial charge on any atom is -0.481 e. The number of fused-ring (bicyclic) bond motifs is 3. The molecule has 30 heavy (non-hydrogen) atoms. The molecule has 1 aliphatic carbocycles. The third-order valence-electron chi connectivity index (χ3n) is 6.13. The number of methoxy groups -OCH3 is 1. The lowest BCUT2D eigenvalue weighted by Gasteiger charge is -2.34. The first kappa shape index (κ1) is 19.7. The van der Waals surface area contributed by atoms with Gasteiger partial charge < -0.3 is 9.72 Å². The summed E-state index contributed by atoms with van der Waals surface area (Å²) in [7, 11) is 1.63. The lowest BCUT2D eigenvalue weighted by Crippen LogP contribution is -2.45. The molecule has 8 heteroatoms. The Morgan fingerprint density at radius 2 is 1.87 bits per heavy atom. The highest BCUT2D eigenvalue weighted by molar-refractivity contribution is 7.18. The molecule has 3 aromatic heterocycles. The number of aromatic amines is 1. The zero-order valence-electron chi connectivity index (χ0n) is 17.3. The summed E-state index contributed by atoms with van der Waals surface area (Å²) in [5, 5.41) is 0.844. The number of nitrogens with one attached hydrogen (secondary N) is 1. The summed E-state index contributed by atoms with van der Waals surface area (Å²) in [6, 6.07) is 3.98. The fourth-order valence-corrected chi connectivity index (χ4v) is 5.76. The van der Waals surface area contributed by atoms with Crippen LogP contribution in [0.5, 0.6) is 5.88 Å². The molecule has 0 saturated carbocycles. The Bertz CT molecular complexity index is 1080. The Kier molecular flexibility index (Phi) is 5.54. The van der Waals surface area contributed by atoms with Crippen LogP contribution in [0.2, 0.25) is 0 Å². The lowest BCUT2D eigenvalue weighted by molar-refractivity contribution is 0.120. The van der Waals surface area contributed by atoms with Crippen molar-refractivity contribution in [3.05, 3.63) is 50.5 Å². The van der Waals surface area contributed by atoms with Crippen molar-refractivity contribution >= 4 is 21.6 Å². The summed E-state index contributed by atoms with van der Waals surface area (Å²) < 4.78 is 5.13. The predicted octanol–water partition coefficient (Wildman–Crippen LogP) is 2.58. The molecule has 0 bridgehead atoms. The van der Waals surface area contributed by atoms with E-state index < -0.39 is 0 Å². The molecule has 1 saturated heterocycles. The van der Waals surface area contributed by atoms with Gasteiger partial charge in [-0.25, -0.2) is 9.97 Å². The number of rotatable bonds is 5. The van der Waals surface area contributed by atoms with Crippen LogP contribution in [0.15, 0.2) is 23.1 Å². The van der Waals surface area contributed by atoms with Crippen LogP contribution in [0, 0.1) is 0 Å². The first-order valence-electron chi connectivity index (χ1n) is 10.7. The molecule has 0 radical (unpaired) electrons. The Labute approximate surface area is 179 Å². The molecule has 0 unspecified atom stereocenters. The Morgan fingerprint density at radius 3 is 2.60 bits per heavy atom. The van der Waals surface area contributed by atoms with E-state index in [0.717, 1.165) is 61.6 Å². The van der Waals surface area contributed by atoms with E-state index >= 15 is 0 Å². The zero-order valence-corrected chi connectivity index (χ0v) is 18.1. The summed E-state index contributed by atoms with van der Waals surface area (Å²) >= 11 is 1.72. The van der Waals surface area contributed by atoms with E-state index in [2.05, 4.69) is 25.8 Å². The second kappa shape index (κ2) is 8.45. The van der Waals surface area contributed by atoms with Gasteiger partial charge in [0.05, 0.1) is 19.0 Å². The maximum Gasteiger partial charge on any atom is 0.259 e. The first-order chi connectivity index (χ1) is 14.7. The molecule has 3 aromatic rings. The normalized spacial score (nSPS) is 17.9. The maximum atomic E-state index is 12.7. The van der Waals surface area contributed by atoms with Gasteiger partial charge in [-0.3, -0.25) is 14.6 Å². The molecule has 4 heterocycles. The number of aryl methyl sites for hydroxylation is 2. The predicted molar refractivity (Wildman–Crippen MR) is 118 cm³/mol. The van der Waals surface area contributed by atoms with Crippen molar-refractivity contribution in [3.63, 3.8) is 0 Å². The van der Waals surface area contributed by atoms with Crippen molar-refractivity contribution in [2.24, 2.45) is 0 Å². The van der Waals surface area contributed by atoms with Gasteiger partial charge in [-0.2, -0.15) is 0 Å². The van der Waals surface area contributed by atoms with E-state index in [9.17, 15) is 4.79 Å². The van der Waals surface area contributed by atoms with Gasteiger partial charge in [-0.1, -0.05) is 6.07 Å². The van der Waals surface area contributed by atoms with Crippen LogP contribution in [0.4, 0.5) is 0 Å². The Balaban J connectivity index is 1.22. The van der Waals surface area contributed by atoms with Gasteiger partial charge in [-0.05, 0) is 36.8 Å². The molecule has 7 nitrogen and oxygen atoms in total. The highest BCUT2D eigenvalue weighted by atomic mass is 32.1. The number of hydrogen-bond donors (Lipinski definition) is 1. The van der Waals surface area contributed by atoms with Crippen LogP contribution in [0.1, 0.15) is 34.7 Å². The molecule has 0 aromatic carbocycles. The van der Waals surface area contributed by atoms with Crippen LogP contribution in [0.25, 0.3) is 10.2 Å². The van der Waals surface area contributed by atoms with Crippen LogP contribution >= 0.6 is 11.3 Å². The summed E-state index contributed by atoms with van der Waals surface area (Å²) in [6.45, 7) is 5.51. The molecular formula is C22H27N5O2S. The molecule has 0 amide bonds. The topological polar surface area (TPSA) is 74.3 Å². The quantitative estimate of drug-likeness (QED) is 0.677. The number of hydrogen-bond acceptors (Lipinski definition) is 7. The second-order valence-corrected chi connectivity index (χ2v) is 9.25. The van der Waals surface area contributed by atoms with Crippen molar-refractivity contribution in [1.82, 2.24) is 24.8 Å². The Hall–Kier alpha value is -2.29. The lowest BCUT2D eigenvalue weighted by atomic mass is 9.97. The molecule has 0 atom stereocenters. The summed E-state index contributed by atoms with van der Waals surface area (Å²) in [6.07, 6.45) is 6.40. The third kappa shape index (κ3) is 3.99. The minimum atomic E-state index is 0.0417. The Morgan fingerprint density at radius 1 is 1.10 bits per heavy atom. The van der Waals surface area contributed by atoms with E-state index in [0.29, 0.717) is 12.4 Å². The van der Waals surface area contributed by atoms with E-state index in [-0.39, 0.29) is 5.56 Å². The van der Waals surface area contributed by atoms with Gasteiger partial charge >= 0.3 is 0 Å². The number of aromatic nitrogens is 3. The van der Waals surface area contributed by atoms with Crippen LogP contribution < -0.4 is 10.3 Å². The van der Waals surface area contributed by atoms with E-state index in [1.807, 2.05) is 12.3 Å². The average molecular weight is 426 g/mol. The molecule has 1 fully saturated rings. The van der Waals surface area contributed by atoms with Gasteiger partial charge in [0.15, 0.2) is 0 Å². The molecule has 158 valence electrons. The number of ether oxygens (including phenoxy) is 1. The standard InChI is InChI=1S/C22H27N5O2S/c1-29-19-7-6-15(12-23-19)13-26-8-10-27(11-9-26)14-18-24-21(28)20-16-4-2-3-5-17(16)30-22(20)25-18/h6-7,12H,2-5,8-11,13-14H2,1H3,(H,24,25,28). The third-order valence-corrected chi connectivity index (χ3v) is 7.31. The highest BCUT2D eigenvalue weighted by Gasteiger charge is 2.22. The van der Waals surface area contributed by atoms with Crippen molar-refractivity contribution in [2.75, 3.05) is 33.3 Å². The number of thiophene rings is 1. The maximum absolute atomic E-state index is 12.7. The zero-order chi connectivity index (χ0) is 20.5. The van der Waals surface area contributed by atoms with Crippen molar-refractivity contribution in [3.8, 4) is 5.88 Å². The molecule has 5 rings (SSSR count). The molecule has 1 N–H and O–H groups in total. The number of nitrogens with zero attached hydrogens (tertiary/aromatic N) is 4. The molecular weight excluding hydrogens is 398 g/mol. The van der Waals surface area contributed by atoms with Gasteiger partial charge in [0.1, 0.15) is 10.7 Å².